The van der Waals surface area contributed by atoms with Gasteiger partial charge in [-0.1, -0.05) is 30.7 Å². The quantitative estimate of drug-likeness (QED) is 0.762. The van der Waals surface area contributed by atoms with Gasteiger partial charge in [-0.25, -0.2) is 0 Å². The van der Waals surface area contributed by atoms with E-state index in [4.69, 9.17) is 16.3 Å². The number of carbonyl (C=O) groups excluding carboxylic acids is 1. The van der Waals surface area contributed by atoms with Crippen LogP contribution in [0.25, 0.3) is 0 Å². The molecule has 1 aliphatic carbocycles. The van der Waals surface area contributed by atoms with Crippen LogP contribution in [0.15, 0.2) is 24.3 Å². The molecule has 0 radical (unpaired) electrons. The molecule has 3 heteroatoms. The van der Waals surface area contributed by atoms with Crippen LogP contribution in [-0.4, -0.2) is 12.6 Å². The maximum absolute atomic E-state index is 12.0. The van der Waals surface area contributed by atoms with Crippen LogP contribution in [0.4, 0.5) is 0 Å². The van der Waals surface area contributed by atoms with Crippen LogP contribution in [0, 0.1) is 5.41 Å². The average Bonchev–Trinajstić information content (AvgIpc) is 3.05. The van der Waals surface area contributed by atoms with E-state index in [9.17, 15) is 4.79 Å². The monoisotopic (exact) mass is 252 g/mol. The molecular weight excluding hydrogens is 236 g/mol. The molecule has 1 aromatic carbocycles. The minimum absolute atomic E-state index is 0.0625. The second kappa shape index (κ2) is 4.69. The molecule has 0 unspecified atom stereocenters. The molecule has 0 aliphatic heterocycles. The number of ether oxygens (including phenoxy) is 1. The Morgan fingerprint density at radius 2 is 2.29 bits per heavy atom. The highest BCUT2D eigenvalue weighted by atomic mass is 35.5. The Balaban J connectivity index is 2.18. The molecule has 0 aromatic heterocycles. The second-order valence-corrected chi connectivity index (χ2v) is 4.98. The summed E-state index contributed by atoms with van der Waals surface area (Å²) in [5.41, 5.74) is 0.841. The number of esters is 1. The molecule has 0 spiro atoms. The molecule has 92 valence electrons. The zero-order valence-electron chi connectivity index (χ0n) is 10.2. The molecule has 1 fully saturated rings. The molecule has 0 amide bonds. The molecule has 0 N–H and O–H groups in total. The number of hydrogen-bond acceptors (Lipinski definition) is 2. The maximum Gasteiger partial charge on any atom is 0.312 e. The first-order valence-corrected chi connectivity index (χ1v) is 6.44. The van der Waals surface area contributed by atoms with Gasteiger partial charge in [0.05, 0.1) is 12.0 Å². The van der Waals surface area contributed by atoms with Gasteiger partial charge in [0.2, 0.25) is 0 Å². The molecule has 0 bridgehead atoms. The first-order chi connectivity index (χ1) is 8.14. The fraction of sp³-hybridized carbons (Fsp3) is 0.500. The Labute approximate surface area is 107 Å². The zero-order chi connectivity index (χ0) is 12.5. The molecule has 1 aliphatic rings. The average molecular weight is 253 g/mol. The van der Waals surface area contributed by atoms with Gasteiger partial charge in [-0.05, 0) is 37.5 Å². The molecule has 2 atom stereocenters. The summed E-state index contributed by atoms with van der Waals surface area (Å²) < 4.78 is 5.17. The lowest BCUT2D eigenvalue weighted by Crippen LogP contribution is -2.20. The van der Waals surface area contributed by atoms with Gasteiger partial charge in [-0.3, -0.25) is 4.79 Å². The number of halogens is 1. The van der Waals surface area contributed by atoms with Crippen molar-refractivity contribution in [1.82, 2.24) is 0 Å². The van der Waals surface area contributed by atoms with Crippen molar-refractivity contribution in [2.24, 2.45) is 5.41 Å². The van der Waals surface area contributed by atoms with Gasteiger partial charge in [0.25, 0.3) is 0 Å². The fourth-order valence-corrected chi connectivity index (χ4v) is 2.70. The Kier molecular flexibility index (Phi) is 3.43. The predicted molar refractivity (Wildman–Crippen MR) is 68.2 cm³/mol. The van der Waals surface area contributed by atoms with Crippen molar-refractivity contribution in [2.75, 3.05) is 6.61 Å². The van der Waals surface area contributed by atoms with Crippen molar-refractivity contribution < 1.29 is 9.53 Å². The first-order valence-electron chi connectivity index (χ1n) is 6.06. The van der Waals surface area contributed by atoms with Crippen molar-refractivity contribution in [1.29, 1.82) is 0 Å². The van der Waals surface area contributed by atoms with E-state index in [-0.39, 0.29) is 17.3 Å². The first kappa shape index (κ1) is 12.4. The summed E-state index contributed by atoms with van der Waals surface area (Å²) in [5, 5.41) is 0.725. The van der Waals surface area contributed by atoms with Crippen LogP contribution in [0.2, 0.25) is 5.02 Å². The van der Waals surface area contributed by atoms with Crippen molar-refractivity contribution in [3.8, 4) is 0 Å². The van der Waals surface area contributed by atoms with Crippen LogP contribution in [0.5, 0.6) is 0 Å². The van der Waals surface area contributed by atoms with E-state index < -0.39 is 0 Å². The van der Waals surface area contributed by atoms with Crippen molar-refractivity contribution >= 4 is 17.6 Å². The highest BCUT2D eigenvalue weighted by molar-refractivity contribution is 6.30. The highest BCUT2D eigenvalue weighted by Gasteiger charge is 2.60. The lowest BCUT2D eigenvalue weighted by Gasteiger charge is -2.13. The highest BCUT2D eigenvalue weighted by Crippen LogP contribution is 2.62. The number of benzene rings is 1. The van der Waals surface area contributed by atoms with E-state index in [1.54, 1.807) is 0 Å². The lowest BCUT2D eigenvalue weighted by atomic mass is 9.96. The molecule has 0 heterocycles. The third-order valence-electron chi connectivity index (χ3n) is 3.64. The minimum Gasteiger partial charge on any atom is -0.466 e. The van der Waals surface area contributed by atoms with Gasteiger partial charge in [0.15, 0.2) is 0 Å². The van der Waals surface area contributed by atoms with Crippen LogP contribution in [-0.2, 0) is 9.53 Å². The third-order valence-corrected chi connectivity index (χ3v) is 3.87. The molecule has 2 rings (SSSR count). The van der Waals surface area contributed by atoms with E-state index in [0.29, 0.717) is 6.61 Å². The van der Waals surface area contributed by atoms with Crippen molar-refractivity contribution in [3.05, 3.63) is 34.9 Å². The summed E-state index contributed by atoms with van der Waals surface area (Å²) in [4.78, 5) is 12.0. The summed E-state index contributed by atoms with van der Waals surface area (Å²) in [5.74, 6) is 0.206. The molecule has 0 saturated heterocycles. The van der Waals surface area contributed by atoms with E-state index in [1.165, 1.54) is 0 Å². The molecular formula is C14H17ClO2. The van der Waals surface area contributed by atoms with Crippen molar-refractivity contribution in [3.63, 3.8) is 0 Å². The van der Waals surface area contributed by atoms with Gasteiger partial charge < -0.3 is 4.74 Å². The SMILES string of the molecule is CCOC(=O)[C@@]1(CC)C[C@@H]1c1cccc(Cl)c1. The van der Waals surface area contributed by atoms with Crippen LogP contribution in [0.1, 0.15) is 38.2 Å². The van der Waals surface area contributed by atoms with Crippen LogP contribution in [0.3, 0.4) is 0 Å². The normalized spacial score (nSPS) is 26.6. The summed E-state index contributed by atoms with van der Waals surface area (Å²) in [6.07, 6.45) is 1.70. The van der Waals surface area contributed by atoms with E-state index in [1.807, 2.05) is 38.1 Å². The second-order valence-electron chi connectivity index (χ2n) is 4.54. The molecule has 17 heavy (non-hydrogen) atoms. The molecule has 1 saturated carbocycles. The summed E-state index contributed by atoms with van der Waals surface area (Å²) in [6.45, 7) is 4.34. The lowest BCUT2D eigenvalue weighted by molar-refractivity contribution is -0.150. The van der Waals surface area contributed by atoms with E-state index in [0.717, 1.165) is 23.4 Å². The predicted octanol–water partition coefficient (Wildman–Crippen LogP) is 3.79. The van der Waals surface area contributed by atoms with Gasteiger partial charge in [-0.2, -0.15) is 0 Å². The minimum atomic E-state index is -0.305. The Morgan fingerprint density at radius 3 is 2.88 bits per heavy atom. The van der Waals surface area contributed by atoms with Crippen LogP contribution < -0.4 is 0 Å². The molecule has 2 nitrogen and oxygen atoms in total. The number of hydrogen-bond donors (Lipinski definition) is 0. The maximum atomic E-state index is 12.0. The topological polar surface area (TPSA) is 26.3 Å². The van der Waals surface area contributed by atoms with E-state index in [2.05, 4.69) is 0 Å². The summed E-state index contributed by atoms with van der Waals surface area (Å²) >= 11 is 5.98. The van der Waals surface area contributed by atoms with E-state index >= 15 is 0 Å². The van der Waals surface area contributed by atoms with Gasteiger partial charge >= 0.3 is 5.97 Å². The smallest absolute Gasteiger partial charge is 0.312 e. The summed E-state index contributed by atoms with van der Waals surface area (Å²) in [7, 11) is 0. The largest absolute Gasteiger partial charge is 0.466 e. The third kappa shape index (κ3) is 2.19. The van der Waals surface area contributed by atoms with Crippen LogP contribution >= 0.6 is 11.6 Å². The van der Waals surface area contributed by atoms with Gasteiger partial charge in [-0.15, -0.1) is 0 Å². The Hall–Kier alpha value is -1.02. The molecule has 1 aromatic rings. The number of rotatable bonds is 4. The Morgan fingerprint density at radius 1 is 1.53 bits per heavy atom. The summed E-state index contributed by atoms with van der Waals surface area (Å²) in [6, 6.07) is 7.77. The fourth-order valence-electron chi connectivity index (χ4n) is 2.50. The van der Waals surface area contributed by atoms with Gasteiger partial charge in [0, 0.05) is 10.9 Å². The Bertz CT molecular complexity index is 430. The number of carbonyl (C=O) groups is 1. The zero-order valence-corrected chi connectivity index (χ0v) is 11.0. The standard InChI is InChI=1S/C14H17ClO2/c1-3-14(13(16)17-4-2)9-12(14)10-6-5-7-11(15)8-10/h5-8,12H,3-4,9H2,1-2H3/t12-,14+/m1/s1. The van der Waals surface area contributed by atoms with Crippen molar-refractivity contribution in [2.45, 2.75) is 32.6 Å². The van der Waals surface area contributed by atoms with Gasteiger partial charge in [0.1, 0.15) is 0 Å².